The number of carbonyl (C=O) groups is 1. The number of carbonyl (C=O) groups excluding carboxylic acids is 1. The molecule has 31 heavy (non-hydrogen) atoms. The lowest BCUT2D eigenvalue weighted by atomic mass is 10.2. The number of halogens is 1. The van der Waals surface area contributed by atoms with Crippen molar-refractivity contribution >= 4 is 17.4 Å². The predicted molar refractivity (Wildman–Crippen MR) is 119 cm³/mol. The van der Waals surface area contributed by atoms with Crippen molar-refractivity contribution in [1.29, 1.82) is 0 Å². The lowest BCUT2D eigenvalue weighted by Gasteiger charge is -2.33. The molecule has 160 valence electrons. The van der Waals surface area contributed by atoms with Crippen LogP contribution in [-0.4, -0.2) is 49.0 Å². The molecule has 4 rings (SSSR count). The molecule has 1 fully saturated rings. The summed E-state index contributed by atoms with van der Waals surface area (Å²) in [6.45, 7) is 3.88. The number of hydrogen-bond donors (Lipinski definition) is 1. The first-order valence-electron chi connectivity index (χ1n) is 10.3. The van der Waals surface area contributed by atoms with Crippen molar-refractivity contribution < 1.29 is 13.9 Å². The number of benzene rings is 2. The van der Waals surface area contributed by atoms with Crippen LogP contribution in [0.15, 0.2) is 66.9 Å². The first-order chi connectivity index (χ1) is 15.1. The summed E-state index contributed by atoms with van der Waals surface area (Å²) in [5.74, 6) is 0.928. The molecule has 0 spiro atoms. The lowest BCUT2D eigenvalue weighted by Crippen LogP contribution is -2.44. The van der Waals surface area contributed by atoms with E-state index in [2.05, 4.69) is 27.1 Å². The van der Waals surface area contributed by atoms with E-state index < -0.39 is 0 Å². The molecule has 1 aromatic heterocycles. The second-order valence-corrected chi connectivity index (χ2v) is 7.55. The maximum atomic E-state index is 13.7. The van der Waals surface area contributed by atoms with Gasteiger partial charge in [0.25, 0.3) is 5.91 Å². The van der Waals surface area contributed by atoms with Crippen LogP contribution in [0, 0.1) is 5.82 Å². The van der Waals surface area contributed by atoms with Crippen LogP contribution in [0.1, 0.15) is 15.9 Å². The number of pyridine rings is 1. The Morgan fingerprint density at radius 2 is 1.81 bits per heavy atom. The fraction of sp³-hybridized carbons (Fsp3) is 0.250. The Kier molecular flexibility index (Phi) is 6.43. The van der Waals surface area contributed by atoms with Gasteiger partial charge in [-0.15, -0.1) is 0 Å². The van der Waals surface area contributed by atoms with Crippen LogP contribution in [0.25, 0.3) is 0 Å². The maximum Gasteiger partial charge on any atom is 0.255 e. The highest BCUT2D eigenvalue weighted by atomic mass is 19.1. The molecular formula is C24H25FN4O2. The van der Waals surface area contributed by atoms with Crippen LogP contribution in [0.4, 0.5) is 15.9 Å². The van der Waals surface area contributed by atoms with Crippen molar-refractivity contribution in [3.8, 4) is 5.75 Å². The van der Waals surface area contributed by atoms with E-state index in [-0.39, 0.29) is 18.3 Å². The third-order valence-electron chi connectivity index (χ3n) is 5.30. The van der Waals surface area contributed by atoms with Gasteiger partial charge in [-0.25, -0.2) is 9.37 Å². The number of nitrogens with zero attached hydrogens (tertiary/aromatic N) is 3. The van der Waals surface area contributed by atoms with Crippen molar-refractivity contribution in [2.45, 2.75) is 6.61 Å². The Balaban J connectivity index is 1.35. The molecule has 0 aliphatic carbocycles. The number of amides is 1. The number of aromatic nitrogens is 1. The summed E-state index contributed by atoms with van der Waals surface area (Å²) in [6, 6.07) is 17.1. The largest absolute Gasteiger partial charge is 0.489 e. The highest BCUT2D eigenvalue weighted by Crippen LogP contribution is 2.20. The van der Waals surface area contributed by atoms with Gasteiger partial charge in [-0.05, 0) is 49.5 Å². The Morgan fingerprint density at radius 1 is 1.06 bits per heavy atom. The van der Waals surface area contributed by atoms with Gasteiger partial charge in [0.05, 0.1) is 0 Å². The fourth-order valence-corrected chi connectivity index (χ4v) is 3.38. The van der Waals surface area contributed by atoms with E-state index in [0.29, 0.717) is 22.6 Å². The molecule has 1 aliphatic rings. The van der Waals surface area contributed by atoms with Gasteiger partial charge in [-0.3, -0.25) is 4.79 Å². The Labute approximate surface area is 181 Å². The van der Waals surface area contributed by atoms with E-state index in [4.69, 9.17) is 4.74 Å². The van der Waals surface area contributed by atoms with E-state index in [0.717, 1.165) is 32.0 Å². The fourth-order valence-electron chi connectivity index (χ4n) is 3.38. The second-order valence-electron chi connectivity index (χ2n) is 7.55. The summed E-state index contributed by atoms with van der Waals surface area (Å²) >= 11 is 0. The molecule has 3 aromatic rings. The highest BCUT2D eigenvalue weighted by Gasteiger charge is 2.17. The zero-order chi connectivity index (χ0) is 21.6. The topological polar surface area (TPSA) is 57.7 Å². The van der Waals surface area contributed by atoms with E-state index in [1.165, 1.54) is 6.07 Å². The van der Waals surface area contributed by atoms with E-state index in [1.807, 2.05) is 6.07 Å². The molecular weight excluding hydrogens is 395 g/mol. The Bertz CT molecular complexity index is 1030. The summed E-state index contributed by atoms with van der Waals surface area (Å²) in [4.78, 5) is 21.6. The van der Waals surface area contributed by atoms with Gasteiger partial charge in [0, 0.05) is 49.2 Å². The van der Waals surface area contributed by atoms with Crippen LogP contribution in [0.5, 0.6) is 5.75 Å². The molecule has 7 heteroatoms. The zero-order valence-corrected chi connectivity index (χ0v) is 17.4. The normalized spacial score (nSPS) is 14.3. The lowest BCUT2D eigenvalue weighted by molar-refractivity contribution is 0.102. The summed E-state index contributed by atoms with van der Waals surface area (Å²) in [7, 11) is 2.10. The van der Waals surface area contributed by atoms with E-state index >= 15 is 0 Å². The number of anilines is 2. The summed E-state index contributed by atoms with van der Waals surface area (Å²) in [5, 5.41) is 2.90. The van der Waals surface area contributed by atoms with Gasteiger partial charge in [-0.2, -0.15) is 0 Å². The van der Waals surface area contributed by atoms with Crippen LogP contribution >= 0.6 is 0 Å². The molecule has 0 radical (unpaired) electrons. The quantitative estimate of drug-likeness (QED) is 0.657. The summed E-state index contributed by atoms with van der Waals surface area (Å²) in [6.07, 6.45) is 1.67. The molecule has 1 saturated heterocycles. The maximum absolute atomic E-state index is 13.7. The smallest absolute Gasteiger partial charge is 0.255 e. The van der Waals surface area contributed by atoms with Crippen molar-refractivity contribution in [2.24, 2.45) is 0 Å². The number of nitrogens with one attached hydrogen (secondary N) is 1. The minimum atomic E-state index is -0.292. The monoisotopic (exact) mass is 420 g/mol. The minimum Gasteiger partial charge on any atom is -0.489 e. The van der Waals surface area contributed by atoms with Crippen LogP contribution in [0.3, 0.4) is 0 Å². The van der Waals surface area contributed by atoms with E-state index in [1.54, 1.807) is 54.7 Å². The molecule has 2 heterocycles. The van der Waals surface area contributed by atoms with Crippen molar-refractivity contribution in [2.75, 3.05) is 43.4 Å². The number of likely N-dealkylation sites (N-methyl/N-ethyl adjacent to an activating group) is 1. The van der Waals surface area contributed by atoms with Crippen LogP contribution in [-0.2, 0) is 6.61 Å². The SMILES string of the molecule is CN1CCN(c2cc(C(=O)Nc3ccc(OCc4ccccc4F)cc3)ccn2)CC1. The molecule has 1 aliphatic heterocycles. The summed E-state index contributed by atoms with van der Waals surface area (Å²) in [5.41, 5.74) is 1.71. The highest BCUT2D eigenvalue weighted by molar-refractivity contribution is 6.04. The first kappa shape index (κ1) is 20.8. The number of ether oxygens (including phenoxy) is 1. The van der Waals surface area contributed by atoms with Gasteiger partial charge in [0.1, 0.15) is 24.0 Å². The molecule has 1 amide bonds. The molecule has 0 bridgehead atoms. The average molecular weight is 420 g/mol. The van der Waals surface area contributed by atoms with Gasteiger partial charge in [0.2, 0.25) is 0 Å². The summed E-state index contributed by atoms with van der Waals surface area (Å²) < 4.78 is 19.3. The standard InChI is InChI=1S/C24H25FN4O2/c1-28-12-14-29(15-13-28)23-16-18(10-11-26-23)24(30)27-20-6-8-21(9-7-20)31-17-19-4-2-3-5-22(19)25/h2-11,16H,12-15,17H2,1H3,(H,27,30). The van der Waals surface area contributed by atoms with Crippen LogP contribution < -0.4 is 15.0 Å². The molecule has 6 nitrogen and oxygen atoms in total. The van der Waals surface area contributed by atoms with Gasteiger partial charge in [0.15, 0.2) is 0 Å². The average Bonchev–Trinajstić information content (AvgIpc) is 2.80. The molecule has 2 aromatic carbocycles. The zero-order valence-electron chi connectivity index (χ0n) is 17.4. The third-order valence-corrected chi connectivity index (χ3v) is 5.30. The number of hydrogen-bond acceptors (Lipinski definition) is 5. The molecule has 0 saturated carbocycles. The van der Waals surface area contributed by atoms with Crippen molar-refractivity contribution in [1.82, 2.24) is 9.88 Å². The van der Waals surface area contributed by atoms with Crippen molar-refractivity contribution in [3.05, 3.63) is 83.8 Å². The van der Waals surface area contributed by atoms with Gasteiger partial charge in [-0.1, -0.05) is 18.2 Å². The molecule has 0 atom stereocenters. The van der Waals surface area contributed by atoms with Gasteiger partial charge >= 0.3 is 0 Å². The molecule has 1 N–H and O–H groups in total. The minimum absolute atomic E-state index is 0.143. The Morgan fingerprint density at radius 3 is 2.55 bits per heavy atom. The van der Waals surface area contributed by atoms with Gasteiger partial charge < -0.3 is 19.9 Å². The first-order valence-corrected chi connectivity index (χ1v) is 10.3. The Hall–Kier alpha value is -3.45. The number of piperazine rings is 1. The second kappa shape index (κ2) is 9.57. The predicted octanol–water partition coefficient (Wildman–Crippen LogP) is 3.80. The molecule has 0 unspecified atom stereocenters. The third kappa shape index (κ3) is 5.38. The van der Waals surface area contributed by atoms with Crippen molar-refractivity contribution in [3.63, 3.8) is 0 Å². The number of rotatable bonds is 6. The van der Waals surface area contributed by atoms with E-state index in [9.17, 15) is 9.18 Å². The van der Waals surface area contributed by atoms with Crippen LogP contribution in [0.2, 0.25) is 0 Å².